The van der Waals surface area contributed by atoms with Gasteiger partial charge in [-0.2, -0.15) is 0 Å². The number of carbonyl (C=O) groups excluding carboxylic acids is 1. The minimum atomic E-state index is -0.480. The molecule has 1 amide bonds. The number of benzene rings is 1. The van der Waals surface area contributed by atoms with Gasteiger partial charge in [0.1, 0.15) is 0 Å². The topological polar surface area (TPSA) is 75.5 Å². The molecule has 0 aromatic heterocycles. The molecular formula is C12H15BrClN3O3. The van der Waals surface area contributed by atoms with Crippen molar-refractivity contribution in [3.8, 4) is 0 Å². The molecule has 1 aromatic rings. The molecule has 1 aliphatic rings. The number of rotatable bonds is 2. The number of piperazine rings is 1. The van der Waals surface area contributed by atoms with Crippen molar-refractivity contribution in [3.05, 3.63) is 38.3 Å². The van der Waals surface area contributed by atoms with E-state index in [9.17, 15) is 14.9 Å². The number of hydrogen-bond donors (Lipinski definition) is 1. The number of hydrogen-bond acceptors (Lipinski definition) is 4. The van der Waals surface area contributed by atoms with E-state index in [0.29, 0.717) is 23.1 Å². The first kappa shape index (κ1) is 16.9. The van der Waals surface area contributed by atoms with Crippen molar-refractivity contribution < 1.29 is 9.72 Å². The number of carbonyl (C=O) groups is 1. The van der Waals surface area contributed by atoms with E-state index in [1.165, 1.54) is 18.2 Å². The predicted octanol–water partition coefficient (Wildman–Crippen LogP) is 2.21. The van der Waals surface area contributed by atoms with Crippen LogP contribution < -0.4 is 5.32 Å². The predicted molar refractivity (Wildman–Crippen MR) is 81.4 cm³/mol. The third-order valence-electron chi connectivity index (χ3n) is 3.05. The number of amides is 1. The molecule has 0 bridgehead atoms. The Morgan fingerprint density at radius 2 is 2.25 bits per heavy atom. The Hall–Kier alpha value is -1.18. The summed E-state index contributed by atoms with van der Waals surface area (Å²) in [7, 11) is 0. The van der Waals surface area contributed by atoms with Crippen molar-refractivity contribution in [2.24, 2.45) is 0 Å². The number of nitro groups is 1. The highest BCUT2D eigenvalue weighted by molar-refractivity contribution is 9.10. The number of nitrogens with one attached hydrogen (secondary N) is 1. The Labute approximate surface area is 131 Å². The smallest absolute Gasteiger partial charge is 0.270 e. The maximum atomic E-state index is 12.3. The monoisotopic (exact) mass is 363 g/mol. The minimum absolute atomic E-state index is 0. The van der Waals surface area contributed by atoms with Gasteiger partial charge in [0.2, 0.25) is 0 Å². The molecule has 1 N–H and O–H groups in total. The van der Waals surface area contributed by atoms with E-state index < -0.39 is 4.92 Å². The van der Waals surface area contributed by atoms with Crippen LogP contribution in [0.2, 0.25) is 0 Å². The zero-order valence-corrected chi connectivity index (χ0v) is 13.2. The fraction of sp³-hybridized carbons (Fsp3) is 0.417. The van der Waals surface area contributed by atoms with E-state index in [1.54, 1.807) is 4.90 Å². The number of halogens is 2. The first-order valence-electron chi connectivity index (χ1n) is 5.95. The summed E-state index contributed by atoms with van der Waals surface area (Å²) in [5, 5.41) is 13.9. The average molecular weight is 365 g/mol. The average Bonchev–Trinajstić information content (AvgIpc) is 2.37. The summed E-state index contributed by atoms with van der Waals surface area (Å²) in [6, 6.07) is 4.47. The maximum absolute atomic E-state index is 12.3. The highest BCUT2D eigenvalue weighted by atomic mass is 79.9. The molecule has 1 unspecified atom stereocenters. The van der Waals surface area contributed by atoms with Gasteiger partial charge in [0.05, 0.1) is 10.5 Å². The molecule has 20 heavy (non-hydrogen) atoms. The summed E-state index contributed by atoms with van der Waals surface area (Å²) < 4.78 is 0.456. The number of non-ortho nitro benzene ring substituents is 1. The Balaban J connectivity index is 0.00000200. The molecule has 8 heteroatoms. The van der Waals surface area contributed by atoms with Gasteiger partial charge in [-0.25, -0.2) is 0 Å². The quantitative estimate of drug-likeness (QED) is 0.645. The first-order chi connectivity index (χ1) is 8.99. The van der Waals surface area contributed by atoms with Gasteiger partial charge in [0, 0.05) is 42.3 Å². The zero-order valence-electron chi connectivity index (χ0n) is 10.8. The molecule has 0 spiro atoms. The van der Waals surface area contributed by atoms with E-state index in [0.717, 1.165) is 6.54 Å². The lowest BCUT2D eigenvalue weighted by Gasteiger charge is -2.32. The second-order valence-electron chi connectivity index (χ2n) is 4.53. The molecule has 1 aromatic carbocycles. The number of nitrogens with zero attached hydrogens (tertiary/aromatic N) is 2. The highest BCUT2D eigenvalue weighted by Crippen LogP contribution is 2.24. The fourth-order valence-electron chi connectivity index (χ4n) is 2.08. The Morgan fingerprint density at radius 1 is 1.55 bits per heavy atom. The highest BCUT2D eigenvalue weighted by Gasteiger charge is 2.24. The fourth-order valence-corrected chi connectivity index (χ4v) is 2.61. The minimum Gasteiger partial charge on any atom is -0.336 e. The molecule has 1 saturated heterocycles. The van der Waals surface area contributed by atoms with Gasteiger partial charge in [0.25, 0.3) is 11.6 Å². The van der Waals surface area contributed by atoms with Crippen LogP contribution >= 0.6 is 28.3 Å². The molecule has 1 atom stereocenters. The van der Waals surface area contributed by atoms with Crippen LogP contribution in [0.15, 0.2) is 22.7 Å². The van der Waals surface area contributed by atoms with Crippen LogP contribution in [0.3, 0.4) is 0 Å². The molecule has 1 heterocycles. The SMILES string of the molecule is CC1CN(C(=O)c2ccc([N+](=O)[O-])cc2Br)CCN1.Cl. The summed E-state index contributed by atoms with van der Waals surface area (Å²) in [5.41, 5.74) is 0.428. The van der Waals surface area contributed by atoms with Crippen LogP contribution in [0.1, 0.15) is 17.3 Å². The second-order valence-corrected chi connectivity index (χ2v) is 5.38. The lowest BCUT2D eigenvalue weighted by Crippen LogP contribution is -2.51. The summed E-state index contributed by atoms with van der Waals surface area (Å²) >= 11 is 3.23. The Morgan fingerprint density at radius 3 is 2.80 bits per heavy atom. The maximum Gasteiger partial charge on any atom is 0.270 e. The molecule has 1 aliphatic heterocycles. The van der Waals surface area contributed by atoms with Crippen LogP contribution in [0.4, 0.5) is 5.69 Å². The first-order valence-corrected chi connectivity index (χ1v) is 6.75. The molecule has 0 aliphatic carbocycles. The van der Waals surface area contributed by atoms with Crippen LogP contribution in [0.5, 0.6) is 0 Å². The van der Waals surface area contributed by atoms with Gasteiger partial charge in [-0.15, -0.1) is 12.4 Å². The molecule has 6 nitrogen and oxygen atoms in total. The lowest BCUT2D eigenvalue weighted by atomic mass is 10.1. The summed E-state index contributed by atoms with van der Waals surface area (Å²) in [4.78, 5) is 24.3. The van der Waals surface area contributed by atoms with Crippen molar-refractivity contribution >= 4 is 39.9 Å². The zero-order chi connectivity index (χ0) is 14.0. The van der Waals surface area contributed by atoms with Gasteiger partial charge >= 0.3 is 0 Å². The Bertz CT molecular complexity index is 527. The standard InChI is InChI=1S/C12H14BrN3O3.ClH/c1-8-7-15(5-4-14-8)12(17)10-3-2-9(16(18)19)6-11(10)13;/h2-3,6,8,14H,4-5,7H2,1H3;1H. The summed E-state index contributed by atoms with van der Waals surface area (Å²) in [6.45, 7) is 4.07. The van der Waals surface area contributed by atoms with Gasteiger partial charge in [0.15, 0.2) is 0 Å². The van der Waals surface area contributed by atoms with E-state index in [4.69, 9.17) is 0 Å². The van der Waals surface area contributed by atoms with Crippen molar-refractivity contribution in [2.45, 2.75) is 13.0 Å². The second kappa shape index (κ2) is 7.01. The molecule has 110 valence electrons. The van der Waals surface area contributed by atoms with E-state index in [2.05, 4.69) is 21.2 Å². The van der Waals surface area contributed by atoms with E-state index in [-0.39, 0.29) is 30.0 Å². The van der Waals surface area contributed by atoms with E-state index in [1.807, 2.05) is 6.92 Å². The largest absolute Gasteiger partial charge is 0.336 e. The molecule has 1 fully saturated rings. The van der Waals surface area contributed by atoms with Gasteiger partial charge < -0.3 is 10.2 Å². The summed E-state index contributed by atoms with van der Waals surface area (Å²) in [5.74, 6) is -0.102. The molecule has 0 radical (unpaired) electrons. The Kier molecular flexibility index (Phi) is 5.91. The van der Waals surface area contributed by atoms with Crippen LogP contribution in [0.25, 0.3) is 0 Å². The van der Waals surface area contributed by atoms with Gasteiger partial charge in [-0.1, -0.05) is 0 Å². The molecule has 0 saturated carbocycles. The van der Waals surface area contributed by atoms with Crippen LogP contribution in [-0.2, 0) is 0 Å². The molecular weight excluding hydrogens is 350 g/mol. The number of nitro benzene ring substituents is 1. The van der Waals surface area contributed by atoms with Gasteiger partial charge in [-0.05, 0) is 28.9 Å². The normalized spacial score (nSPS) is 18.3. The van der Waals surface area contributed by atoms with Crippen molar-refractivity contribution in [2.75, 3.05) is 19.6 Å². The van der Waals surface area contributed by atoms with Crippen molar-refractivity contribution in [3.63, 3.8) is 0 Å². The third kappa shape index (κ3) is 3.68. The molecule has 2 rings (SSSR count). The van der Waals surface area contributed by atoms with Gasteiger partial charge in [-0.3, -0.25) is 14.9 Å². The third-order valence-corrected chi connectivity index (χ3v) is 3.71. The van der Waals surface area contributed by atoms with E-state index >= 15 is 0 Å². The van der Waals surface area contributed by atoms with Crippen LogP contribution in [-0.4, -0.2) is 41.4 Å². The lowest BCUT2D eigenvalue weighted by molar-refractivity contribution is -0.384. The van der Waals surface area contributed by atoms with Crippen molar-refractivity contribution in [1.82, 2.24) is 10.2 Å². The summed E-state index contributed by atoms with van der Waals surface area (Å²) in [6.07, 6.45) is 0. The van der Waals surface area contributed by atoms with Crippen LogP contribution in [0, 0.1) is 10.1 Å². The van der Waals surface area contributed by atoms with Crippen molar-refractivity contribution in [1.29, 1.82) is 0 Å².